The summed E-state index contributed by atoms with van der Waals surface area (Å²) in [5.74, 6) is 0. The summed E-state index contributed by atoms with van der Waals surface area (Å²) in [7, 11) is 0. The van der Waals surface area contributed by atoms with Crippen LogP contribution in [0.1, 0.15) is 11.4 Å². The van der Waals surface area contributed by atoms with Crippen LogP contribution in [0.4, 0.5) is 0 Å². The minimum Gasteiger partial charge on any atom is -0.265 e. The Balaban J connectivity index is 0.000000363. The van der Waals surface area contributed by atoms with Crippen LogP contribution in [0.3, 0.4) is 0 Å². The molecule has 3 aromatic carbocycles. The fraction of sp³-hybridized carbons (Fsp3) is 0.0645. The molecule has 3 aromatic heterocycles. The first kappa shape index (κ1) is 24.4. The number of rotatable bonds is 2. The molecule has 6 rings (SSSR count). The Morgan fingerprint density at radius 2 is 0.886 bits per heavy atom. The Labute approximate surface area is 219 Å². The standard InChI is InChI=1S/C26H20N2.C5H5N.Re/c1-17-15-23(19-9-5-3-6-10-19)21-13-14-22-24(20-11-7-4-8-12-20)16-18(2)28-26(22)25(21)27-17;1-2-4-6-5-3-1;/h3-16H,1-2H3;1-5H;. The minimum atomic E-state index is 0. The first-order chi connectivity index (χ1) is 16.7. The zero-order valence-electron chi connectivity index (χ0n) is 19.7. The van der Waals surface area contributed by atoms with Crippen molar-refractivity contribution in [3.05, 3.63) is 127 Å². The molecule has 0 aliphatic carbocycles. The molecule has 0 aliphatic heterocycles. The molecule has 0 unspecified atom stereocenters. The van der Waals surface area contributed by atoms with E-state index in [1.165, 1.54) is 22.3 Å². The van der Waals surface area contributed by atoms with Crippen molar-refractivity contribution in [3.63, 3.8) is 0 Å². The van der Waals surface area contributed by atoms with Crippen LogP contribution in [-0.4, -0.2) is 15.0 Å². The first-order valence-corrected chi connectivity index (χ1v) is 11.4. The second-order valence-corrected chi connectivity index (χ2v) is 8.24. The number of nitrogens with zero attached hydrogens (tertiary/aromatic N) is 3. The molecule has 3 nitrogen and oxygen atoms in total. The normalized spacial score (nSPS) is 10.3. The number of pyridine rings is 3. The topological polar surface area (TPSA) is 38.7 Å². The molecule has 0 atom stereocenters. The molecule has 171 valence electrons. The van der Waals surface area contributed by atoms with E-state index in [4.69, 9.17) is 9.97 Å². The quantitative estimate of drug-likeness (QED) is 0.184. The molecule has 0 saturated heterocycles. The molecular formula is C31H25N3Re. The zero-order valence-corrected chi connectivity index (χ0v) is 22.4. The third-order valence-corrected chi connectivity index (χ3v) is 5.75. The van der Waals surface area contributed by atoms with Crippen LogP contribution in [0.15, 0.2) is 116 Å². The van der Waals surface area contributed by atoms with Crippen molar-refractivity contribution >= 4 is 21.8 Å². The number of aromatic nitrogens is 3. The van der Waals surface area contributed by atoms with Crippen LogP contribution in [0.25, 0.3) is 44.1 Å². The summed E-state index contributed by atoms with van der Waals surface area (Å²) < 4.78 is 0. The number of hydrogen-bond donors (Lipinski definition) is 0. The van der Waals surface area contributed by atoms with Crippen molar-refractivity contribution in [1.29, 1.82) is 0 Å². The van der Waals surface area contributed by atoms with E-state index in [-0.39, 0.29) is 20.4 Å². The fourth-order valence-corrected chi connectivity index (χ4v) is 4.26. The molecule has 0 saturated carbocycles. The average Bonchev–Trinajstić information content (AvgIpc) is 2.90. The van der Waals surface area contributed by atoms with Gasteiger partial charge in [-0.15, -0.1) is 0 Å². The Hall–Kier alpha value is -3.71. The van der Waals surface area contributed by atoms with Gasteiger partial charge < -0.3 is 0 Å². The summed E-state index contributed by atoms with van der Waals surface area (Å²) in [6.07, 6.45) is 3.50. The predicted octanol–water partition coefficient (Wildman–Crippen LogP) is 7.81. The molecule has 0 spiro atoms. The van der Waals surface area contributed by atoms with Gasteiger partial charge in [0, 0.05) is 55.0 Å². The maximum absolute atomic E-state index is 4.90. The van der Waals surface area contributed by atoms with Crippen LogP contribution in [-0.2, 0) is 20.4 Å². The predicted molar refractivity (Wildman–Crippen MR) is 142 cm³/mol. The van der Waals surface area contributed by atoms with Gasteiger partial charge in [-0.05, 0) is 60.4 Å². The van der Waals surface area contributed by atoms with Crippen molar-refractivity contribution < 1.29 is 20.4 Å². The van der Waals surface area contributed by atoms with E-state index in [0.29, 0.717) is 0 Å². The summed E-state index contributed by atoms with van der Waals surface area (Å²) in [5.41, 5.74) is 8.76. The van der Waals surface area contributed by atoms with E-state index in [9.17, 15) is 0 Å². The molecule has 0 aliphatic rings. The smallest absolute Gasteiger partial charge is 0.0974 e. The second-order valence-electron chi connectivity index (χ2n) is 8.24. The van der Waals surface area contributed by atoms with Crippen molar-refractivity contribution in [1.82, 2.24) is 15.0 Å². The van der Waals surface area contributed by atoms with Gasteiger partial charge in [-0.25, -0.2) is 0 Å². The van der Waals surface area contributed by atoms with Crippen LogP contribution in [0, 0.1) is 13.8 Å². The zero-order chi connectivity index (χ0) is 23.3. The number of aryl methyl sites for hydroxylation is 2. The fourth-order valence-electron chi connectivity index (χ4n) is 4.26. The first-order valence-electron chi connectivity index (χ1n) is 11.4. The third kappa shape index (κ3) is 5.35. The Kier molecular flexibility index (Phi) is 7.78. The maximum Gasteiger partial charge on any atom is 0.0974 e. The minimum absolute atomic E-state index is 0. The molecule has 1 radical (unpaired) electrons. The van der Waals surface area contributed by atoms with E-state index >= 15 is 0 Å². The van der Waals surface area contributed by atoms with Crippen LogP contribution < -0.4 is 0 Å². The number of hydrogen-bond acceptors (Lipinski definition) is 3. The summed E-state index contributed by atoms with van der Waals surface area (Å²) in [6.45, 7) is 4.11. The number of fused-ring (bicyclic) bond motifs is 3. The van der Waals surface area contributed by atoms with Gasteiger partial charge in [0.1, 0.15) is 0 Å². The molecular weight excluding hydrogens is 601 g/mol. The molecule has 0 fully saturated rings. The molecule has 6 aromatic rings. The average molecular weight is 626 g/mol. The van der Waals surface area contributed by atoms with Crippen molar-refractivity contribution in [2.45, 2.75) is 13.8 Å². The van der Waals surface area contributed by atoms with Gasteiger partial charge in [-0.2, -0.15) is 0 Å². The molecule has 0 bridgehead atoms. The van der Waals surface area contributed by atoms with Gasteiger partial charge in [-0.1, -0.05) is 78.9 Å². The van der Waals surface area contributed by atoms with Gasteiger partial charge in [-0.3, -0.25) is 15.0 Å². The Morgan fingerprint density at radius 3 is 1.23 bits per heavy atom. The van der Waals surface area contributed by atoms with E-state index < -0.39 is 0 Å². The summed E-state index contributed by atoms with van der Waals surface area (Å²) in [6, 6.07) is 35.4. The SMILES string of the molecule is Cc1cc(-c2ccccc2)c2ccc3c(-c4ccccc4)cc(C)nc3c2n1.[Re].c1ccncc1. The molecule has 4 heteroatoms. The number of benzene rings is 3. The van der Waals surface area contributed by atoms with Gasteiger partial charge in [0.2, 0.25) is 0 Å². The van der Waals surface area contributed by atoms with Gasteiger partial charge in [0.15, 0.2) is 0 Å². The van der Waals surface area contributed by atoms with Crippen molar-refractivity contribution in [2.75, 3.05) is 0 Å². The largest absolute Gasteiger partial charge is 0.265 e. The third-order valence-electron chi connectivity index (χ3n) is 5.75. The van der Waals surface area contributed by atoms with E-state index in [2.05, 4.69) is 91.6 Å². The summed E-state index contributed by atoms with van der Waals surface area (Å²) >= 11 is 0. The Bertz CT molecular complexity index is 1420. The van der Waals surface area contributed by atoms with Crippen LogP contribution >= 0.6 is 0 Å². The van der Waals surface area contributed by atoms with Gasteiger partial charge in [0.25, 0.3) is 0 Å². The summed E-state index contributed by atoms with van der Waals surface area (Å²) in [5, 5.41) is 2.28. The van der Waals surface area contributed by atoms with Gasteiger partial charge >= 0.3 is 0 Å². The van der Waals surface area contributed by atoms with Crippen LogP contribution in [0.2, 0.25) is 0 Å². The van der Waals surface area contributed by atoms with E-state index in [1.807, 2.05) is 30.3 Å². The monoisotopic (exact) mass is 626 g/mol. The van der Waals surface area contributed by atoms with Crippen molar-refractivity contribution in [2.24, 2.45) is 0 Å². The maximum atomic E-state index is 4.90. The van der Waals surface area contributed by atoms with Crippen LogP contribution in [0.5, 0.6) is 0 Å². The molecule has 35 heavy (non-hydrogen) atoms. The molecule has 3 heterocycles. The van der Waals surface area contributed by atoms with E-state index in [0.717, 1.165) is 33.2 Å². The summed E-state index contributed by atoms with van der Waals surface area (Å²) in [4.78, 5) is 13.6. The van der Waals surface area contributed by atoms with Crippen molar-refractivity contribution in [3.8, 4) is 22.3 Å². The molecule has 0 N–H and O–H groups in total. The van der Waals surface area contributed by atoms with E-state index in [1.54, 1.807) is 12.4 Å². The second kappa shape index (κ2) is 11.1. The Morgan fingerprint density at radius 1 is 0.486 bits per heavy atom. The van der Waals surface area contributed by atoms with Gasteiger partial charge in [0.05, 0.1) is 11.0 Å². The molecule has 0 amide bonds.